The van der Waals surface area contributed by atoms with Crippen LogP contribution in [0.15, 0.2) is 6.20 Å². The van der Waals surface area contributed by atoms with Gasteiger partial charge in [0.15, 0.2) is 5.13 Å². The van der Waals surface area contributed by atoms with Crippen LogP contribution < -0.4 is 10.2 Å². The Labute approximate surface area is 125 Å². The van der Waals surface area contributed by atoms with Crippen molar-refractivity contribution in [3.05, 3.63) is 11.1 Å². The van der Waals surface area contributed by atoms with Gasteiger partial charge in [0.05, 0.1) is 6.61 Å². The van der Waals surface area contributed by atoms with Crippen molar-refractivity contribution in [1.82, 2.24) is 15.2 Å². The van der Waals surface area contributed by atoms with Gasteiger partial charge in [0.25, 0.3) is 0 Å². The number of ether oxygens (including phenoxy) is 1. The zero-order valence-electron chi connectivity index (χ0n) is 12.8. The first-order valence-corrected chi connectivity index (χ1v) is 8.08. The van der Waals surface area contributed by atoms with Crippen LogP contribution in [0.3, 0.4) is 0 Å². The van der Waals surface area contributed by atoms with Crippen LogP contribution in [0.4, 0.5) is 5.13 Å². The van der Waals surface area contributed by atoms with Gasteiger partial charge in [-0.25, -0.2) is 4.98 Å². The second kappa shape index (κ2) is 7.93. The van der Waals surface area contributed by atoms with Gasteiger partial charge in [-0.3, -0.25) is 0 Å². The van der Waals surface area contributed by atoms with Gasteiger partial charge in [-0.05, 0) is 26.4 Å². The molecular formula is C14H26N4OS. The first kappa shape index (κ1) is 15.7. The van der Waals surface area contributed by atoms with Crippen LogP contribution in [0.25, 0.3) is 0 Å². The minimum absolute atomic E-state index is 0.592. The highest BCUT2D eigenvalue weighted by Crippen LogP contribution is 2.25. The molecule has 0 radical (unpaired) electrons. The predicted octanol–water partition coefficient (Wildman–Crippen LogP) is 1.41. The Bertz CT molecular complexity index is 398. The average Bonchev–Trinajstić information content (AvgIpc) is 2.91. The molecule has 1 aromatic rings. The maximum Gasteiger partial charge on any atom is 0.185 e. The van der Waals surface area contributed by atoms with Crippen molar-refractivity contribution in [1.29, 1.82) is 0 Å². The van der Waals surface area contributed by atoms with E-state index >= 15 is 0 Å². The Kier molecular flexibility index (Phi) is 6.22. The fourth-order valence-electron chi connectivity index (χ4n) is 2.54. The number of anilines is 1. The molecule has 20 heavy (non-hydrogen) atoms. The smallest absolute Gasteiger partial charge is 0.185 e. The van der Waals surface area contributed by atoms with Crippen LogP contribution in [0.1, 0.15) is 17.7 Å². The minimum atomic E-state index is 0.592. The molecule has 1 aliphatic rings. The van der Waals surface area contributed by atoms with Crippen LogP contribution in [0.2, 0.25) is 0 Å². The van der Waals surface area contributed by atoms with Gasteiger partial charge < -0.3 is 19.9 Å². The largest absolute Gasteiger partial charge is 0.383 e. The molecule has 1 unspecified atom stereocenters. The maximum absolute atomic E-state index is 5.02. The zero-order chi connectivity index (χ0) is 14.4. The van der Waals surface area contributed by atoms with Crippen molar-refractivity contribution in [2.75, 3.05) is 52.3 Å². The van der Waals surface area contributed by atoms with E-state index in [1.54, 1.807) is 18.4 Å². The number of likely N-dealkylation sites (tertiary alicyclic amines) is 1. The third kappa shape index (κ3) is 4.41. The third-order valence-corrected chi connectivity index (χ3v) is 4.86. The quantitative estimate of drug-likeness (QED) is 0.771. The molecule has 1 fully saturated rings. The van der Waals surface area contributed by atoms with E-state index < -0.39 is 0 Å². The SMILES string of the molecule is COCCNCc1cnc(N(C)C2CCCN(C)C2)s1. The highest BCUT2D eigenvalue weighted by atomic mass is 32.1. The predicted molar refractivity (Wildman–Crippen MR) is 84.6 cm³/mol. The van der Waals surface area contributed by atoms with E-state index in [9.17, 15) is 0 Å². The van der Waals surface area contributed by atoms with Gasteiger partial charge in [0.1, 0.15) is 0 Å². The van der Waals surface area contributed by atoms with E-state index in [0.29, 0.717) is 6.04 Å². The first-order chi connectivity index (χ1) is 9.70. The van der Waals surface area contributed by atoms with E-state index in [1.165, 1.54) is 24.3 Å². The van der Waals surface area contributed by atoms with Gasteiger partial charge in [0.2, 0.25) is 0 Å². The Hall–Kier alpha value is -0.690. The monoisotopic (exact) mass is 298 g/mol. The summed E-state index contributed by atoms with van der Waals surface area (Å²) in [7, 11) is 6.10. The number of aromatic nitrogens is 1. The standard InChI is InChI=1S/C14H26N4OS/c1-17-7-4-5-12(11-17)18(2)14-16-10-13(20-14)9-15-6-8-19-3/h10,12,15H,4-9,11H2,1-3H3. The molecule has 0 bridgehead atoms. The number of rotatable bonds is 7. The molecule has 0 aromatic carbocycles. The zero-order valence-corrected chi connectivity index (χ0v) is 13.6. The van der Waals surface area contributed by atoms with Gasteiger partial charge in [-0.1, -0.05) is 0 Å². The molecule has 0 aliphatic carbocycles. The number of thiazole rings is 1. The summed E-state index contributed by atoms with van der Waals surface area (Å²) < 4.78 is 5.02. The Morgan fingerprint density at radius 3 is 3.20 bits per heavy atom. The topological polar surface area (TPSA) is 40.6 Å². The van der Waals surface area contributed by atoms with Crippen LogP contribution in [0, 0.1) is 0 Å². The van der Waals surface area contributed by atoms with Crippen LogP contribution >= 0.6 is 11.3 Å². The normalized spacial score (nSPS) is 20.2. The molecule has 0 amide bonds. The molecular weight excluding hydrogens is 272 g/mol. The lowest BCUT2D eigenvalue weighted by atomic mass is 10.1. The van der Waals surface area contributed by atoms with Gasteiger partial charge >= 0.3 is 0 Å². The summed E-state index contributed by atoms with van der Waals surface area (Å²) in [5.74, 6) is 0. The molecule has 2 heterocycles. The van der Waals surface area contributed by atoms with E-state index in [2.05, 4.69) is 34.2 Å². The molecule has 0 spiro atoms. The number of hydrogen-bond donors (Lipinski definition) is 1. The summed E-state index contributed by atoms with van der Waals surface area (Å²) in [5, 5.41) is 4.49. The third-order valence-electron chi connectivity index (χ3n) is 3.77. The molecule has 1 atom stereocenters. The van der Waals surface area contributed by atoms with Crippen molar-refractivity contribution >= 4 is 16.5 Å². The second-order valence-corrected chi connectivity index (χ2v) is 6.54. The molecule has 1 N–H and O–H groups in total. The lowest BCUT2D eigenvalue weighted by Crippen LogP contribution is -2.45. The number of nitrogens with zero attached hydrogens (tertiary/aromatic N) is 3. The van der Waals surface area contributed by atoms with Crippen molar-refractivity contribution in [2.24, 2.45) is 0 Å². The summed E-state index contributed by atoms with van der Waals surface area (Å²) in [6.07, 6.45) is 4.53. The molecule has 114 valence electrons. The maximum atomic E-state index is 5.02. The Morgan fingerprint density at radius 2 is 2.45 bits per heavy atom. The van der Waals surface area contributed by atoms with Crippen LogP contribution in [-0.4, -0.2) is 63.4 Å². The second-order valence-electron chi connectivity index (χ2n) is 5.45. The molecule has 5 nitrogen and oxygen atoms in total. The summed E-state index contributed by atoms with van der Waals surface area (Å²) in [5.41, 5.74) is 0. The van der Waals surface area contributed by atoms with E-state index in [1.807, 2.05) is 6.20 Å². The molecule has 2 rings (SSSR count). The highest BCUT2D eigenvalue weighted by Gasteiger charge is 2.22. The molecule has 1 aliphatic heterocycles. The molecule has 6 heteroatoms. The Balaban J connectivity index is 1.84. The fraction of sp³-hybridized carbons (Fsp3) is 0.786. The number of nitrogens with one attached hydrogen (secondary N) is 1. The van der Waals surface area contributed by atoms with Crippen LogP contribution in [0.5, 0.6) is 0 Å². The molecule has 1 aromatic heterocycles. The number of likely N-dealkylation sites (N-methyl/N-ethyl adjacent to an activating group) is 2. The summed E-state index contributed by atoms with van der Waals surface area (Å²) >= 11 is 1.79. The van der Waals surface area contributed by atoms with E-state index in [4.69, 9.17) is 4.74 Å². The number of hydrogen-bond acceptors (Lipinski definition) is 6. The van der Waals surface area contributed by atoms with E-state index in [-0.39, 0.29) is 0 Å². The lowest BCUT2D eigenvalue weighted by Gasteiger charge is -2.35. The molecule has 0 saturated carbocycles. The molecule has 1 saturated heterocycles. The summed E-state index contributed by atoms with van der Waals surface area (Å²) in [6, 6.07) is 0.592. The number of methoxy groups -OCH3 is 1. The summed E-state index contributed by atoms with van der Waals surface area (Å²) in [6.45, 7) is 4.86. The van der Waals surface area contributed by atoms with Crippen molar-refractivity contribution in [3.8, 4) is 0 Å². The van der Waals surface area contributed by atoms with Crippen molar-refractivity contribution < 1.29 is 4.74 Å². The van der Waals surface area contributed by atoms with Crippen LogP contribution in [-0.2, 0) is 11.3 Å². The van der Waals surface area contributed by atoms with Gasteiger partial charge in [0, 0.05) is 50.9 Å². The first-order valence-electron chi connectivity index (χ1n) is 7.26. The Morgan fingerprint density at radius 1 is 1.60 bits per heavy atom. The lowest BCUT2D eigenvalue weighted by molar-refractivity contribution is 0.199. The van der Waals surface area contributed by atoms with Crippen molar-refractivity contribution in [2.45, 2.75) is 25.4 Å². The number of piperidine rings is 1. The fourth-order valence-corrected chi connectivity index (χ4v) is 3.45. The van der Waals surface area contributed by atoms with Gasteiger partial charge in [-0.2, -0.15) is 0 Å². The van der Waals surface area contributed by atoms with Crippen molar-refractivity contribution in [3.63, 3.8) is 0 Å². The minimum Gasteiger partial charge on any atom is -0.383 e. The van der Waals surface area contributed by atoms with E-state index in [0.717, 1.165) is 31.4 Å². The summed E-state index contributed by atoms with van der Waals surface area (Å²) in [4.78, 5) is 10.6. The van der Waals surface area contributed by atoms with Gasteiger partial charge in [-0.15, -0.1) is 11.3 Å². The highest BCUT2D eigenvalue weighted by molar-refractivity contribution is 7.15. The average molecular weight is 298 g/mol.